The van der Waals surface area contributed by atoms with Gasteiger partial charge >= 0.3 is 5.97 Å². The molecule has 0 unspecified atom stereocenters. The lowest BCUT2D eigenvalue weighted by Gasteiger charge is -2.34. The fraction of sp³-hybridized carbons (Fsp3) is 0.474. The van der Waals surface area contributed by atoms with Crippen molar-refractivity contribution >= 4 is 18.0 Å². The second kappa shape index (κ2) is 7.44. The molecule has 4 nitrogen and oxygen atoms in total. The Balaban J connectivity index is 2.10. The van der Waals surface area contributed by atoms with Crippen molar-refractivity contribution in [2.45, 2.75) is 51.5 Å². The Morgan fingerprint density at radius 1 is 1.17 bits per heavy atom. The second-order valence-corrected chi connectivity index (χ2v) is 6.32. The van der Waals surface area contributed by atoms with E-state index in [4.69, 9.17) is 4.74 Å². The van der Waals surface area contributed by atoms with Crippen LogP contribution in [0.3, 0.4) is 0 Å². The maximum absolute atomic E-state index is 12.3. The van der Waals surface area contributed by atoms with Crippen molar-refractivity contribution in [3.63, 3.8) is 0 Å². The Morgan fingerprint density at radius 3 is 2.48 bits per heavy atom. The number of methoxy groups -OCH3 is 1. The molecule has 0 saturated heterocycles. The monoisotopic (exact) mass is 315 g/mol. The van der Waals surface area contributed by atoms with Crippen LogP contribution >= 0.6 is 0 Å². The van der Waals surface area contributed by atoms with Gasteiger partial charge in [-0.1, -0.05) is 43.0 Å². The largest absolute Gasteiger partial charge is 0.467 e. The number of carbonyl (C=O) groups is 2. The Morgan fingerprint density at radius 2 is 1.87 bits per heavy atom. The number of hydrogen-bond acceptors (Lipinski definition) is 3. The van der Waals surface area contributed by atoms with Crippen LogP contribution in [-0.2, 0) is 14.3 Å². The molecule has 0 bridgehead atoms. The first-order valence-electron chi connectivity index (χ1n) is 8.13. The van der Waals surface area contributed by atoms with Crippen molar-refractivity contribution in [1.29, 1.82) is 0 Å². The lowest BCUT2D eigenvalue weighted by molar-refractivity contribution is -0.152. The van der Waals surface area contributed by atoms with Crippen LogP contribution < -0.4 is 5.32 Å². The molecule has 1 N–H and O–H groups in total. The van der Waals surface area contributed by atoms with Gasteiger partial charge in [0, 0.05) is 6.08 Å². The minimum absolute atomic E-state index is 0.253. The van der Waals surface area contributed by atoms with Crippen LogP contribution in [0.4, 0.5) is 0 Å². The number of ether oxygens (including phenoxy) is 1. The van der Waals surface area contributed by atoms with Crippen molar-refractivity contribution < 1.29 is 14.3 Å². The lowest BCUT2D eigenvalue weighted by Crippen LogP contribution is -2.55. The van der Waals surface area contributed by atoms with Crippen molar-refractivity contribution in [1.82, 2.24) is 5.32 Å². The fourth-order valence-electron chi connectivity index (χ4n) is 3.19. The summed E-state index contributed by atoms with van der Waals surface area (Å²) in [5.41, 5.74) is 2.45. The molecule has 4 heteroatoms. The van der Waals surface area contributed by atoms with Gasteiger partial charge in [0.2, 0.25) is 5.91 Å². The van der Waals surface area contributed by atoms with Gasteiger partial charge in [-0.3, -0.25) is 4.79 Å². The third-order valence-corrected chi connectivity index (χ3v) is 4.49. The van der Waals surface area contributed by atoms with Crippen LogP contribution in [0.15, 0.2) is 24.3 Å². The summed E-state index contributed by atoms with van der Waals surface area (Å²) in [6.45, 7) is 4.05. The van der Waals surface area contributed by atoms with Gasteiger partial charge in [0.1, 0.15) is 5.54 Å². The summed E-state index contributed by atoms with van der Waals surface area (Å²) >= 11 is 0. The predicted octanol–water partition coefficient (Wildman–Crippen LogP) is 3.31. The SMILES string of the molecule is COC(=O)C1(NC(=O)/C=C/c2ccc(C)cc2C)CCCCC1. The Kier molecular flexibility index (Phi) is 5.59. The van der Waals surface area contributed by atoms with Crippen LogP contribution in [0.2, 0.25) is 0 Å². The molecule has 1 aliphatic carbocycles. The average molecular weight is 315 g/mol. The molecule has 1 aromatic carbocycles. The first kappa shape index (κ1) is 17.3. The highest BCUT2D eigenvalue weighted by Crippen LogP contribution is 2.29. The molecular weight excluding hydrogens is 290 g/mol. The van der Waals surface area contributed by atoms with E-state index in [9.17, 15) is 9.59 Å². The van der Waals surface area contributed by atoms with E-state index in [0.29, 0.717) is 12.8 Å². The van der Waals surface area contributed by atoms with E-state index >= 15 is 0 Å². The highest BCUT2D eigenvalue weighted by Gasteiger charge is 2.41. The lowest BCUT2D eigenvalue weighted by atomic mass is 9.81. The normalized spacial score (nSPS) is 17.0. The number of hydrogen-bond donors (Lipinski definition) is 1. The van der Waals surface area contributed by atoms with Crippen molar-refractivity contribution in [2.24, 2.45) is 0 Å². The maximum Gasteiger partial charge on any atom is 0.331 e. The number of aryl methyl sites for hydroxylation is 2. The van der Waals surface area contributed by atoms with Crippen LogP contribution in [0.25, 0.3) is 6.08 Å². The quantitative estimate of drug-likeness (QED) is 0.685. The van der Waals surface area contributed by atoms with Crippen LogP contribution in [0.1, 0.15) is 48.8 Å². The molecule has 1 aliphatic rings. The van der Waals surface area contributed by atoms with Crippen LogP contribution in [0, 0.1) is 13.8 Å². The van der Waals surface area contributed by atoms with Gasteiger partial charge < -0.3 is 10.1 Å². The van der Waals surface area contributed by atoms with Gasteiger partial charge in [0.15, 0.2) is 0 Å². The summed E-state index contributed by atoms with van der Waals surface area (Å²) in [6.07, 6.45) is 7.51. The molecule has 0 heterocycles. The van der Waals surface area contributed by atoms with E-state index in [1.165, 1.54) is 18.7 Å². The van der Waals surface area contributed by atoms with E-state index in [1.54, 1.807) is 6.08 Å². The Labute approximate surface area is 137 Å². The third-order valence-electron chi connectivity index (χ3n) is 4.49. The standard InChI is InChI=1S/C19H25NO3/c1-14-7-8-16(15(2)13-14)9-10-17(21)20-19(18(22)23-3)11-5-4-6-12-19/h7-10,13H,4-6,11-12H2,1-3H3,(H,20,21)/b10-9+. The van der Waals surface area contributed by atoms with Crippen LogP contribution in [-0.4, -0.2) is 24.5 Å². The van der Waals surface area contributed by atoms with Crippen molar-refractivity contribution in [2.75, 3.05) is 7.11 Å². The summed E-state index contributed by atoms with van der Waals surface area (Å²) in [5.74, 6) is -0.595. The zero-order valence-corrected chi connectivity index (χ0v) is 14.1. The molecular formula is C19H25NO3. The molecule has 1 saturated carbocycles. The van der Waals surface area contributed by atoms with E-state index in [0.717, 1.165) is 30.4 Å². The minimum Gasteiger partial charge on any atom is -0.467 e. The van der Waals surface area contributed by atoms with Gasteiger partial charge in [0.25, 0.3) is 0 Å². The van der Waals surface area contributed by atoms with Gasteiger partial charge in [-0.15, -0.1) is 0 Å². The molecule has 0 atom stereocenters. The molecule has 0 spiro atoms. The number of esters is 1. The first-order valence-corrected chi connectivity index (χ1v) is 8.13. The molecule has 0 radical (unpaired) electrons. The number of rotatable bonds is 4. The zero-order valence-electron chi connectivity index (χ0n) is 14.1. The molecule has 0 aromatic heterocycles. The smallest absolute Gasteiger partial charge is 0.331 e. The maximum atomic E-state index is 12.3. The van der Waals surface area contributed by atoms with Crippen molar-refractivity contribution in [3.05, 3.63) is 41.0 Å². The number of nitrogens with one attached hydrogen (secondary N) is 1. The number of carbonyl (C=O) groups excluding carboxylic acids is 2. The summed E-state index contributed by atoms with van der Waals surface area (Å²) < 4.78 is 4.91. The summed E-state index contributed by atoms with van der Waals surface area (Å²) in [7, 11) is 1.37. The zero-order chi connectivity index (χ0) is 16.9. The van der Waals surface area contributed by atoms with E-state index in [2.05, 4.69) is 11.4 Å². The highest BCUT2D eigenvalue weighted by molar-refractivity contribution is 5.96. The Bertz CT molecular complexity index is 613. The fourth-order valence-corrected chi connectivity index (χ4v) is 3.19. The van der Waals surface area contributed by atoms with Gasteiger partial charge in [-0.25, -0.2) is 4.79 Å². The van der Waals surface area contributed by atoms with Gasteiger partial charge in [-0.05, 0) is 43.9 Å². The second-order valence-electron chi connectivity index (χ2n) is 6.32. The van der Waals surface area contributed by atoms with Gasteiger partial charge in [0.05, 0.1) is 7.11 Å². The predicted molar refractivity (Wildman–Crippen MR) is 90.9 cm³/mol. The van der Waals surface area contributed by atoms with Crippen LogP contribution in [0.5, 0.6) is 0 Å². The van der Waals surface area contributed by atoms with Gasteiger partial charge in [-0.2, -0.15) is 0 Å². The van der Waals surface area contributed by atoms with E-state index in [-0.39, 0.29) is 11.9 Å². The van der Waals surface area contributed by atoms with Crippen molar-refractivity contribution in [3.8, 4) is 0 Å². The summed E-state index contributed by atoms with van der Waals surface area (Å²) in [6, 6.07) is 6.08. The summed E-state index contributed by atoms with van der Waals surface area (Å²) in [5, 5.41) is 2.88. The van der Waals surface area contributed by atoms with E-state index < -0.39 is 5.54 Å². The molecule has 1 fully saturated rings. The number of amides is 1. The third kappa shape index (κ3) is 4.21. The Hall–Kier alpha value is -2.10. The average Bonchev–Trinajstić information content (AvgIpc) is 2.54. The molecule has 0 aliphatic heterocycles. The molecule has 124 valence electrons. The first-order chi connectivity index (χ1) is 11.0. The molecule has 23 heavy (non-hydrogen) atoms. The topological polar surface area (TPSA) is 55.4 Å². The molecule has 1 amide bonds. The summed E-state index contributed by atoms with van der Waals surface area (Å²) in [4.78, 5) is 24.4. The minimum atomic E-state index is -0.864. The molecule has 2 rings (SSSR count). The van der Waals surface area contributed by atoms with E-state index in [1.807, 2.05) is 26.0 Å². The highest BCUT2D eigenvalue weighted by atomic mass is 16.5. The molecule has 1 aromatic rings. The number of benzene rings is 1.